The summed E-state index contributed by atoms with van der Waals surface area (Å²) < 4.78 is 17.2. The van der Waals surface area contributed by atoms with Gasteiger partial charge in [-0.15, -0.1) is 0 Å². The fraction of sp³-hybridized carbons (Fsp3) is 0.462. The summed E-state index contributed by atoms with van der Waals surface area (Å²) >= 11 is 0. The number of carbonyl (C=O) groups excluding carboxylic acids is 1. The molecule has 1 unspecified atom stereocenters. The summed E-state index contributed by atoms with van der Waals surface area (Å²) in [5, 5.41) is 0. The molecule has 1 aromatic carbocycles. The van der Waals surface area contributed by atoms with Crippen LogP contribution in [0.2, 0.25) is 0 Å². The highest BCUT2D eigenvalue weighted by molar-refractivity contribution is 7.85. The number of hydrogen-bond donors (Lipinski definition) is 0. The fourth-order valence-corrected chi connectivity index (χ4v) is 2.65. The number of benzene rings is 1. The van der Waals surface area contributed by atoms with Crippen LogP contribution < -0.4 is 4.74 Å². The van der Waals surface area contributed by atoms with Crippen LogP contribution in [0.1, 0.15) is 20.8 Å². The lowest BCUT2D eigenvalue weighted by atomic mass is 9.92. The Morgan fingerprint density at radius 2 is 1.88 bits per heavy atom. The topological polar surface area (TPSA) is 43.4 Å². The van der Waals surface area contributed by atoms with Gasteiger partial charge in [-0.2, -0.15) is 0 Å². The van der Waals surface area contributed by atoms with Gasteiger partial charge in [0, 0.05) is 5.41 Å². The minimum atomic E-state index is -1.35. The van der Waals surface area contributed by atoms with Crippen molar-refractivity contribution in [3.8, 4) is 5.75 Å². The molecule has 94 valence electrons. The molecular formula is C13H18O3S. The van der Waals surface area contributed by atoms with E-state index in [1.807, 2.05) is 26.8 Å². The smallest absolute Gasteiger partial charge is 0.151 e. The van der Waals surface area contributed by atoms with Crippen molar-refractivity contribution < 1.29 is 13.7 Å². The minimum Gasteiger partial charge on any atom is -0.495 e. The molecule has 0 aliphatic carbocycles. The fourth-order valence-electron chi connectivity index (χ4n) is 1.22. The Morgan fingerprint density at radius 1 is 1.29 bits per heavy atom. The molecule has 0 aliphatic rings. The molecule has 0 heterocycles. The molecule has 4 heteroatoms. The standard InChI is InChI=1S/C13H18O3S/c1-13(2,3)12(14)9-17(15)11-8-6-5-7-10(11)16-4/h5-8H,9H2,1-4H3. The lowest BCUT2D eigenvalue weighted by Gasteiger charge is -2.16. The van der Waals surface area contributed by atoms with Gasteiger partial charge in [0.25, 0.3) is 0 Å². The summed E-state index contributed by atoms with van der Waals surface area (Å²) in [6.07, 6.45) is 0. The van der Waals surface area contributed by atoms with Gasteiger partial charge in [-0.1, -0.05) is 32.9 Å². The first kappa shape index (κ1) is 13.9. The molecule has 0 saturated carbocycles. The van der Waals surface area contributed by atoms with E-state index in [9.17, 15) is 9.00 Å². The molecule has 0 radical (unpaired) electrons. The van der Waals surface area contributed by atoms with Crippen molar-refractivity contribution in [1.29, 1.82) is 0 Å². The van der Waals surface area contributed by atoms with Crippen LogP contribution in [0.15, 0.2) is 29.2 Å². The number of Topliss-reactive ketones (excluding diaryl/α,β-unsaturated/α-hetero) is 1. The van der Waals surface area contributed by atoms with Gasteiger partial charge in [-0.25, -0.2) is 0 Å². The maximum atomic E-state index is 12.1. The third kappa shape index (κ3) is 3.66. The molecule has 0 fully saturated rings. The number of hydrogen-bond acceptors (Lipinski definition) is 3. The predicted octanol–water partition coefficient (Wildman–Crippen LogP) is 2.42. The van der Waals surface area contributed by atoms with Gasteiger partial charge in [-0.3, -0.25) is 9.00 Å². The molecule has 0 saturated heterocycles. The number of ether oxygens (including phenoxy) is 1. The molecule has 1 rings (SSSR count). The molecule has 0 aliphatic heterocycles. The highest BCUT2D eigenvalue weighted by Gasteiger charge is 2.24. The second-order valence-electron chi connectivity index (χ2n) is 4.81. The second-order valence-corrected chi connectivity index (χ2v) is 6.23. The van der Waals surface area contributed by atoms with Crippen LogP contribution in [0.4, 0.5) is 0 Å². The summed E-state index contributed by atoms with van der Waals surface area (Å²) in [6.45, 7) is 5.48. The molecule has 3 nitrogen and oxygen atoms in total. The van der Waals surface area contributed by atoms with Gasteiger partial charge < -0.3 is 4.74 Å². The SMILES string of the molecule is COc1ccccc1S(=O)CC(=O)C(C)(C)C. The molecule has 0 amide bonds. The Labute approximate surface area is 105 Å². The largest absolute Gasteiger partial charge is 0.495 e. The highest BCUT2D eigenvalue weighted by atomic mass is 32.2. The second kappa shape index (κ2) is 5.45. The maximum absolute atomic E-state index is 12.1. The average molecular weight is 254 g/mol. The van der Waals surface area contributed by atoms with Crippen LogP contribution >= 0.6 is 0 Å². The molecule has 17 heavy (non-hydrogen) atoms. The number of ketones is 1. The van der Waals surface area contributed by atoms with Crippen molar-refractivity contribution in [2.75, 3.05) is 12.9 Å². The predicted molar refractivity (Wildman–Crippen MR) is 68.7 cm³/mol. The van der Waals surface area contributed by atoms with Crippen LogP contribution in [0.5, 0.6) is 5.75 Å². The van der Waals surface area contributed by atoms with Gasteiger partial charge in [0.05, 0.1) is 28.6 Å². The van der Waals surface area contributed by atoms with E-state index in [-0.39, 0.29) is 11.5 Å². The zero-order valence-electron chi connectivity index (χ0n) is 10.6. The first-order valence-electron chi connectivity index (χ1n) is 5.41. The van der Waals surface area contributed by atoms with Crippen molar-refractivity contribution in [1.82, 2.24) is 0 Å². The van der Waals surface area contributed by atoms with Crippen LogP contribution in [0, 0.1) is 5.41 Å². The zero-order chi connectivity index (χ0) is 13.1. The average Bonchev–Trinajstić information content (AvgIpc) is 2.27. The third-order valence-corrected chi connectivity index (χ3v) is 3.77. The van der Waals surface area contributed by atoms with Crippen molar-refractivity contribution in [3.63, 3.8) is 0 Å². The normalized spacial score (nSPS) is 13.2. The minimum absolute atomic E-state index is 0.0123. The van der Waals surface area contributed by atoms with Crippen molar-refractivity contribution in [3.05, 3.63) is 24.3 Å². The zero-order valence-corrected chi connectivity index (χ0v) is 11.5. The number of rotatable bonds is 4. The monoisotopic (exact) mass is 254 g/mol. The molecular weight excluding hydrogens is 236 g/mol. The van der Waals surface area contributed by atoms with Gasteiger partial charge in [0.2, 0.25) is 0 Å². The maximum Gasteiger partial charge on any atom is 0.151 e. The first-order valence-corrected chi connectivity index (χ1v) is 6.73. The van der Waals surface area contributed by atoms with E-state index < -0.39 is 16.2 Å². The van der Waals surface area contributed by atoms with E-state index in [2.05, 4.69) is 0 Å². The Kier molecular flexibility index (Phi) is 4.46. The molecule has 1 aromatic rings. The van der Waals surface area contributed by atoms with Crippen LogP contribution in [-0.2, 0) is 15.6 Å². The van der Waals surface area contributed by atoms with E-state index in [1.165, 1.54) is 7.11 Å². The Bertz CT molecular complexity index is 433. The van der Waals surface area contributed by atoms with Gasteiger partial charge in [-0.05, 0) is 12.1 Å². The summed E-state index contributed by atoms with van der Waals surface area (Å²) in [6, 6.07) is 7.07. The lowest BCUT2D eigenvalue weighted by molar-refractivity contribution is -0.123. The van der Waals surface area contributed by atoms with Gasteiger partial charge >= 0.3 is 0 Å². The number of methoxy groups -OCH3 is 1. The summed E-state index contributed by atoms with van der Waals surface area (Å²) in [4.78, 5) is 12.4. The summed E-state index contributed by atoms with van der Waals surface area (Å²) in [5.41, 5.74) is -0.461. The van der Waals surface area contributed by atoms with Crippen LogP contribution in [0.25, 0.3) is 0 Å². The van der Waals surface area contributed by atoms with E-state index in [4.69, 9.17) is 4.74 Å². The van der Waals surface area contributed by atoms with E-state index >= 15 is 0 Å². The Balaban J connectivity index is 2.88. The van der Waals surface area contributed by atoms with E-state index in [0.29, 0.717) is 10.6 Å². The Morgan fingerprint density at radius 3 is 2.41 bits per heavy atom. The van der Waals surface area contributed by atoms with Crippen LogP contribution in [0.3, 0.4) is 0 Å². The Hall–Kier alpha value is -1.16. The summed E-state index contributed by atoms with van der Waals surface area (Å²) in [7, 11) is 0.183. The lowest BCUT2D eigenvalue weighted by Crippen LogP contribution is -2.25. The highest BCUT2D eigenvalue weighted by Crippen LogP contribution is 2.23. The molecule has 0 N–H and O–H groups in total. The van der Waals surface area contributed by atoms with Crippen molar-refractivity contribution in [2.45, 2.75) is 25.7 Å². The van der Waals surface area contributed by atoms with Gasteiger partial charge in [0.1, 0.15) is 5.75 Å². The quantitative estimate of drug-likeness (QED) is 0.828. The molecule has 0 spiro atoms. The van der Waals surface area contributed by atoms with Crippen molar-refractivity contribution >= 4 is 16.6 Å². The molecule has 0 bridgehead atoms. The van der Waals surface area contributed by atoms with Crippen molar-refractivity contribution in [2.24, 2.45) is 5.41 Å². The van der Waals surface area contributed by atoms with Crippen LogP contribution in [-0.4, -0.2) is 22.9 Å². The summed E-state index contributed by atoms with van der Waals surface area (Å²) in [5.74, 6) is 0.582. The number of para-hydroxylation sites is 1. The first-order chi connectivity index (χ1) is 7.86. The van der Waals surface area contributed by atoms with Gasteiger partial charge in [0.15, 0.2) is 5.78 Å². The molecule has 1 atom stereocenters. The van der Waals surface area contributed by atoms with E-state index in [0.717, 1.165) is 0 Å². The van der Waals surface area contributed by atoms with E-state index in [1.54, 1.807) is 18.2 Å². The molecule has 0 aromatic heterocycles. The number of carbonyl (C=O) groups is 1. The third-order valence-electron chi connectivity index (χ3n) is 2.41.